The average molecular weight is 284 g/mol. The summed E-state index contributed by atoms with van der Waals surface area (Å²) < 4.78 is 0. The zero-order valence-corrected chi connectivity index (χ0v) is 11.8. The summed E-state index contributed by atoms with van der Waals surface area (Å²) in [6.45, 7) is 1.46. The van der Waals surface area contributed by atoms with E-state index in [2.05, 4.69) is 0 Å². The number of carboxylic acids is 1. The maximum Gasteiger partial charge on any atom is 0.308 e. The molecule has 3 nitrogen and oxygen atoms in total. The molecule has 5 heteroatoms. The highest BCUT2D eigenvalue weighted by Gasteiger charge is 2.18. The van der Waals surface area contributed by atoms with E-state index < -0.39 is 11.9 Å². The number of carboxylic acid groups (broad SMARTS) is 1. The van der Waals surface area contributed by atoms with Gasteiger partial charge in [-0.1, -0.05) is 42.1 Å². The van der Waals surface area contributed by atoms with E-state index >= 15 is 0 Å². The van der Waals surface area contributed by atoms with Crippen molar-refractivity contribution in [3.8, 4) is 0 Å². The molecule has 18 heavy (non-hydrogen) atoms. The predicted molar refractivity (Wildman–Crippen MR) is 76.9 cm³/mol. The molecule has 1 aromatic carbocycles. The van der Waals surface area contributed by atoms with Gasteiger partial charge in [-0.05, 0) is 5.56 Å². The van der Waals surface area contributed by atoms with Crippen molar-refractivity contribution in [1.29, 1.82) is 0 Å². The number of benzene rings is 1. The Labute approximate surface area is 115 Å². The molecule has 0 spiro atoms. The molecule has 0 aliphatic heterocycles. The van der Waals surface area contributed by atoms with E-state index in [-0.39, 0.29) is 5.12 Å². The van der Waals surface area contributed by atoms with Gasteiger partial charge in [0.2, 0.25) is 0 Å². The first kappa shape index (κ1) is 15.1. The summed E-state index contributed by atoms with van der Waals surface area (Å²) in [5, 5.41) is 9.01. The molecule has 1 atom stereocenters. The minimum atomic E-state index is -0.829. The Morgan fingerprint density at radius 3 is 2.44 bits per heavy atom. The molecule has 0 heterocycles. The third-order valence-electron chi connectivity index (χ3n) is 2.27. The van der Waals surface area contributed by atoms with Crippen molar-refractivity contribution in [2.75, 3.05) is 11.5 Å². The first-order valence-electron chi connectivity index (χ1n) is 5.57. The van der Waals surface area contributed by atoms with Gasteiger partial charge in [-0.15, -0.1) is 0 Å². The molecular formula is C13H16O3S2. The van der Waals surface area contributed by atoms with Gasteiger partial charge in [-0.3, -0.25) is 9.59 Å². The fourth-order valence-corrected chi connectivity index (χ4v) is 3.24. The van der Waals surface area contributed by atoms with Crippen LogP contribution in [0.2, 0.25) is 0 Å². The Morgan fingerprint density at radius 2 is 1.89 bits per heavy atom. The maximum absolute atomic E-state index is 11.0. The third-order valence-corrected chi connectivity index (χ3v) is 4.42. The van der Waals surface area contributed by atoms with Gasteiger partial charge in [-0.2, -0.15) is 11.8 Å². The monoisotopic (exact) mass is 284 g/mol. The zero-order valence-electron chi connectivity index (χ0n) is 10.2. The standard InChI is InChI=1S/C13H16O3S2/c1-10(14)18-9-12(13(15)16)8-17-7-11-5-3-2-4-6-11/h2-6,12H,7-9H2,1H3,(H,15,16). The average Bonchev–Trinajstić information content (AvgIpc) is 2.34. The largest absolute Gasteiger partial charge is 0.481 e. The first-order chi connectivity index (χ1) is 8.59. The van der Waals surface area contributed by atoms with Crippen LogP contribution >= 0.6 is 23.5 Å². The lowest BCUT2D eigenvalue weighted by atomic mass is 10.2. The number of carbonyl (C=O) groups excluding carboxylic acids is 1. The van der Waals surface area contributed by atoms with Crippen molar-refractivity contribution in [3.05, 3.63) is 35.9 Å². The molecule has 0 saturated heterocycles. The molecule has 0 aliphatic rings. The fraction of sp³-hybridized carbons (Fsp3) is 0.385. The molecule has 0 saturated carbocycles. The molecule has 0 amide bonds. The van der Waals surface area contributed by atoms with Crippen LogP contribution in [-0.4, -0.2) is 27.7 Å². The summed E-state index contributed by atoms with van der Waals surface area (Å²) in [5.74, 6) is 0.392. The maximum atomic E-state index is 11.0. The van der Waals surface area contributed by atoms with Crippen LogP contribution in [0.3, 0.4) is 0 Å². The van der Waals surface area contributed by atoms with Gasteiger partial charge < -0.3 is 5.11 Å². The van der Waals surface area contributed by atoms with Gasteiger partial charge in [0.05, 0.1) is 5.92 Å². The second kappa shape index (κ2) is 8.21. The smallest absolute Gasteiger partial charge is 0.308 e. The molecule has 1 unspecified atom stereocenters. The van der Waals surface area contributed by atoms with Crippen LogP contribution in [0, 0.1) is 5.92 Å². The van der Waals surface area contributed by atoms with E-state index in [1.54, 1.807) is 11.8 Å². The highest BCUT2D eigenvalue weighted by molar-refractivity contribution is 8.13. The van der Waals surface area contributed by atoms with Crippen molar-refractivity contribution < 1.29 is 14.7 Å². The Balaban J connectivity index is 2.34. The normalized spacial score (nSPS) is 12.1. The van der Waals surface area contributed by atoms with Gasteiger partial charge in [0.25, 0.3) is 0 Å². The third kappa shape index (κ3) is 6.12. The van der Waals surface area contributed by atoms with E-state index in [1.165, 1.54) is 12.5 Å². The Bertz CT molecular complexity index is 392. The number of rotatable bonds is 7. The molecule has 0 aliphatic carbocycles. The number of hydrogen-bond donors (Lipinski definition) is 1. The summed E-state index contributed by atoms with van der Waals surface area (Å²) in [6, 6.07) is 9.93. The van der Waals surface area contributed by atoms with E-state index in [4.69, 9.17) is 5.11 Å². The van der Waals surface area contributed by atoms with Crippen LogP contribution in [0.5, 0.6) is 0 Å². The lowest BCUT2D eigenvalue weighted by molar-refractivity contribution is -0.140. The zero-order chi connectivity index (χ0) is 13.4. The molecule has 0 aromatic heterocycles. The second-order valence-electron chi connectivity index (χ2n) is 3.84. The van der Waals surface area contributed by atoms with Crippen LogP contribution in [0.25, 0.3) is 0 Å². The summed E-state index contributed by atoms with van der Waals surface area (Å²) in [6.07, 6.45) is 0. The van der Waals surface area contributed by atoms with E-state index in [0.717, 1.165) is 17.5 Å². The Morgan fingerprint density at radius 1 is 1.22 bits per heavy atom. The number of aliphatic carboxylic acids is 1. The Kier molecular flexibility index (Phi) is 6.90. The molecule has 0 fully saturated rings. The minimum Gasteiger partial charge on any atom is -0.481 e. The van der Waals surface area contributed by atoms with Crippen molar-refractivity contribution in [3.63, 3.8) is 0 Å². The molecule has 0 bridgehead atoms. The molecule has 1 aromatic rings. The second-order valence-corrected chi connectivity index (χ2v) is 6.07. The van der Waals surface area contributed by atoms with Gasteiger partial charge in [0, 0.05) is 24.2 Å². The van der Waals surface area contributed by atoms with Crippen LogP contribution in [0.4, 0.5) is 0 Å². The van der Waals surface area contributed by atoms with Crippen LogP contribution in [0.1, 0.15) is 12.5 Å². The molecule has 98 valence electrons. The van der Waals surface area contributed by atoms with Gasteiger partial charge in [-0.25, -0.2) is 0 Å². The number of thioether (sulfide) groups is 2. The summed E-state index contributed by atoms with van der Waals surface area (Å²) in [7, 11) is 0. The van der Waals surface area contributed by atoms with Crippen LogP contribution < -0.4 is 0 Å². The predicted octanol–water partition coefficient (Wildman–Crippen LogP) is 2.90. The highest BCUT2D eigenvalue weighted by Crippen LogP contribution is 2.19. The van der Waals surface area contributed by atoms with Crippen LogP contribution in [0.15, 0.2) is 30.3 Å². The Hall–Kier alpha value is -0.940. The number of carbonyl (C=O) groups is 2. The lowest BCUT2D eigenvalue weighted by Crippen LogP contribution is -2.19. The first-order valence-corrected chi connectivity index (χ1v) is 7.71. The van der Waals surface area contributed by atoms with Crippen molar-refractivity contribution in [2.24, 2.45) is 5.92 Å². The summed E-state index contributed by atoms with van der Waals surface area (Å²) in [4.78, 5) is 21.8. The number of hydrogen-bond acceptors (Lipinski definition) is 4. The summed E-state index contributed by atoms with van der Waals surface area (Å²) in [5.41, 5.74) is 1.19. The van der Waals surface area contributed by atoms with E-state index in [1.807, 2.05) is 30.3 Å². The van der Waals surface area contributed by atoms with E-state index in [9.17, 15) is 9.59 Å². The van der Waals surface area contributed by atoms with Gasteiger partial charge in [0.15, 0.2) is 5.12 Å². The van der Waals surface area contributed by atoms with Crippen molar-refractivity contribution >= 4 is 34.6 Å². The lowest BCUT2D eigenvalue weighted by Gasteiger charge is -2.10. The quantitative estimate of drug-likeness (QED) is 0.834. The minimum absolute atomic E-state index is 0.0330. The molecular weight excluding hydrogens is 268 g/mol. The SMILES string of the molecule is CC(=O)SCC(CSCc1ccccc1)C(=O)O. The van der Waals surface area contributed by atoms with Crippen LogP contribution in [-0.2, 0) is 15.3 Å². The molecule has 1 N–H and O–H groups in total. The van der Waals surface area contributed by atoms with Gasteiger partial charge in [0.1, 0.15) is 0 Å². The topological polar surface area (TPSA) is 54.4 Å². The van der Waals surface area contributed by atoms with Crippen molar-refractivity contribution in [1.82, 2.24) is 0 Å². The fourth-order valence-electron chi connectivity index (χ4n) is 1.30. The highest BCUT2D eigenvalue weighted by atomic mass is 32.2. The van der Waals surface area contributed by atoms with Crippen molar-refractivity contribution in [2.45, 2.75) is 12.7 Å². The summed E-state index contributed by atoms with van der Waals surface area (Å²) >= 11 is 2.67. The van der Waals surface area contributed by atoms with E-state index in [0.29, 0.717) is 11.5 Å². The molecule has 1 rings (SSSR count). The van der Waals surface area contributed by atoms with Gasteiger partial charge >= 0.3 is 5.97 Å². The molecule has 0 radical (unpaired) electrons.